The summed E-state index contributed by atoms with van der Waals surface area (Å²) in [6.45, 7) is 0.140. The lowest BCUT2D eigenvalue weighted by atomic mass is 9.87. The number of amides is 2. The molecule has 31 heteroatoms. The quantitative estimate of drug-likeness (QED) is 0.0245. The number of aliphatic hydroxyl groups is 2. The summed E-state index contributed by atoms with van der Waals surface area (Å²) in [5.41, 5.74) is 4.75. The molecule has 1 fully saturated rings. The number of ether oxygens (including phenoxy) is 2. The first kappa shape index (κ1) is 52.4. The number of nitrogen functional groups attached to an aromatic ring is 1. The van der Waals surface area contributed by atoms with Crippen LogP contribution in [0.2, 0.25) is 0 Å². The van der Waals surface area contributed by atoms with E-state index in [0.29, 0.717) is 5.56 Å². The second kappa shape index (κ2) is 22.3. The molecule has 3 heterocycles. The first-order valence-electron chi connectivity index (χ1n) is 18.4. The van der Waals surface area contributed by atoms with Gasteiger partial charge in [-0.25, -0.2) is 28.6 Å². The van der Waals surface area contributed by atoms with E-state index in [-0.39, 0.29) is 53.7 Å². The van der Waals surface area contributed by atoms with E-state index in [0.717, 1.165) is 29.0 Å². The Hall–Kier alpha value is -4.21. The SMILES string of the molecule is COc1cc(/C=C/C(=O)CC(=O)SCCNC(=O)CCNC(=O)C(O)C(C)(C)COP(=O)(O)OP(=O)(O)OC[C@H]2O[C@@H](n3cnc4c(N)ncnc43)[C@H](O)[C@@H]2OP(=O)(O)O)ccc1O. The number of allylic oxidation sites excluding steroid dienone is 1. The standard InChI is InChI=1S/C33H46N7O20P3S/c1-33(2,28(46)31(47)36-9-8-23(43)35-10-11-64-24(44)13-19(41)6-4-18-5-7-20(42)21(12-18)55-3)15-57-63(53,54)60-62(51,52)56-14-22-27(59-61(48,49)50)26(45)32(58-22)40-17-39-25-29(34)37-16-38-30(25)40/h4-7,12,16-17,22,26-28,32,42,45-46H,8-11,13-15H2,1-3H3,(H,35,43)(H,36,47)(H,51,52)(H,53,54)(H2,34,37,38)(H2,48,49,50)/b6-4+/t22-,26-,27-,28?,32-/m1/s1. The van der Waals surface area contributed by atoms with Crippen molar-refractivity contribution < 1.29 is 95.1 Å². The highest BCUT2D eigenvalue weighted by Crippen LogP contribution is 2.61. The van der Waals surface area contributed by atoms with Crippen molar-refractivity contribution >= 4 is 81.0 Å². The summed E-state index contributed by atoms with van der Waals surface area (Å²) in [5.74, 6) is -1.80. The Balaban J connectivity index is 1.17. The van der Waals surface area contributed by atoms with Gasteiger partial charge in [-0.05, 0) is 23.8 Å². The van der Waals surface area contributed by atoms with Crippen molar-refractivity contribution in [3.63, 3.8) is 0 Å². The van der Waals surface area contributed by atoms with Gasteiger partial charge in [-0.3, -0.25) is 37.3 Å². The number of aromatic hydroxyl groups is 1. The van der Waals surface area contributed by atoms with Crippen LogP contribution in [-0.4, -0.2) is 141 Å². The molecule has 27 nitrogen and oxygen atoms in total. The Kier molecular flexibility index (Phi) is 18.3. The van der Waals surface area contributed by atoms with Crippen molar-refractivity contribution in [3.8, 4) is 11.5 Å². The number of rotatable bonds is 24. The number of carbonyl (C=O) groups is 4. The van der Waals surface area contributed by atoms with Gasteiger partial charge in [-0.2, -0.15) is 4.31 Å². The normalized spacial score (nSPS) is 20.4. The van der Waals surface area contributed by atoms with Gasteiger partial charge < -0.3 is 60.7 Å². The van der Waals surface area contributed by atoms with Crippen molar-refractivity contribution in [1.82, 2.24) is 30.2 Å². The third-order valence-electron chi connectivity index (χ3n) is 8.75. The summed E-state index contributed by atoms with van der Waals surface area (Å²) in [5, 5.41) is 35.6. The molecule has 2 amide bonds. The highest BCUT2D eigenvalue weighted by molar-refractivity contribution is 8.13. The van der Waals surface area contributed by atoms with Gasteiger partial charge in [0.1, 0.15) is 36.3 Å². The monoisotopic (exact) mass is 985 g/mol. The van der Waals surface area contributed by atoms with Crippen LogP contribution in [0.15, 0.2) is 36.9 Å². The zero-order valence-corrected chi connectivity index (χ0v) is 37.4. The Morgan fingerprint density at radius 3 is 2.44 bits per heavy atom. The molecule has 64 heavy (non-hydrogen) atoms. The number of aliphatic hydroxyl groups excluding tert-OH is 2. The maximum absolute atomic E-state index is 12.7. The summed E-state index contributed by atoms with van der Waals surface area (Å²) in [6.07, 6.45) is -4.88. The maximum atomic E-state index is 12.7. The average molecular weight is 986 g/mol. The number of methoxy groups -OCH3 is 1. The summed E-state index contributed by atoms with van der Waals surface area (Å²) >= 11 is 0.820. The summed E-state index contributed by atoms with van der Waals surface area (Å²) in [7, 11) is -15.1. The number of hydrogen-bond acceptors (Lipinski definition) is 21. The predicted octanol–water partition coefficient (Wildman–Crippen LogP) is 0.0515. The van der Waals surface area contributed by atoms with Crippen molar-refractivity contribution in [2.45, 2.75) is 57.3 Å². The van der Waals surface area contributed by atoms with Crippen LogP contribution in [0.3, 0.4) is 0 Å². The number of phosphoric acid groups is 3. The Morgan fingerprint density at radius 1 is 1.05 bits per heavy atom. The third-order valence-corrected chi connectivity index (χ3v) is 12.7. The molecule has 4 rings (SSSR count). The number of phenols is 1. The lowest BCUT2D eigenvalue weighted by molar-refractivity contribution is -0.137. The number of thioether (sulfide) groups is 1. The van der Waals surface area contributed by atoms with Gasteiger partial charge >= 0.3 is 23.5 Å². The highest BCUT2D eigenvalue weighted by atomic mass is 32.2. The van der Waals surface area contributed by atoms with E-state index in [1.165, 1.54) is 45.2 Å². The van der Waals surface area contributed by atoms with Crippen LogP contribution < -0.4 is 21.1 Å². The Bertz CT molecular complexity index is 2350. The van der Waals surface area contributed by atoms with E-state index in [2.05, 4.69) is 34.4 Å². The molecule has 2 aromatic heterocycles. The molecule has 7 atom stereocenters. The van der Waals surface area contributed by atoms with Crippen LogP contribution in [0.25, 0.3) is 17.2 Å². The molecule has 3 aromatic rings. The number of carbonyl (C=O) groups excluding carboxylic acids is 4. The highest BCUT2D eigenvalue weighted by Gasteiger charge is 2.50. The molecule has 1 aliphatic rings. The number of nitrogens with one attached hydrogen (secondary N) is 2. The van der Waals surface area contributed by atoms with Gasteiger partial charge in [-0.1, -0.05) is 37.8 Å². The minimum Gasteiger partial charge on any atom is -0.504 e. The minimum atomic E-state index is -5.60. The van der Waals surface area contributed by atoms with E-state index in [1.54, 1.807) is 6.07 Å². The molecule has 0 radical (unpaired) electrons. The molecule has 354 valence electrons. The summed E-state index contributed by atoms with van der Waals surface area (Å²) in [6, 6.07) is 4.45. The predicted molar refractivity (Wildman–Crippen MR) is 220 cm³/mol. The molecule has 0 saturated carbocycles. The summed E-state index contributed by atoms with van der Waals surface area (Å²) < 4.78 is 67.2. The summed E-state index contributed by atoms with van der Waals surface area (Å²) in [4.78, 5) is 100. The van der Waals surface area contributed by atoms with Crippen LogP contribution in [0, 0.1) is 5.41 Å². The molecule has 3 unspecified atom stereocenters. The van der Waals surface area contributed by atoms with E-state index in [4.69, 9.17) is 24.3 Å². The first-order valence-corrected chi connectivity index (χ1v) is 23.9. The second-order valence-electron chi connectivity index (χ2n) is 14.2. The fourth-order valence-electron chi connectivity index (χ4n) is 5.53. The molecule has 11 N–H and O–H groups in total. The molecular formula is C33H46N7O20P3S. The third kappa shape index (κ3) is 15.5. The van der Waals surface area contributed by atoms with Crippen LogP contribution in [-0.2, 0) is 55.5 Å². The van der Waals surface area contributed by atoms with Gasteiger partial charge in [0.15, 0.2) is 40.1 Å². The van der Waals surface area contributed by atoms with Crippen LogP contribution in [0.5, 0.6) is 11.5 Å². The lowest BCUT2D eigenvalue weighted by Crippen LogP contribution is -2.46. The minimum absolute atomic E-state index is 0.0164. The molecule has 0 aliphatic carbocycles. The fourth-order valence-corrected chi connectivity index (χ4v) is 9.04. The van der Waals surface area contributed by atoms with Gasteiger partial charge in [0.05, 0.1) is 33.1 Å². The molecule has 1 aromatic carbocycles. The van der Waals surface area contributed by atoms with Crippen LogP contribution in [0.1, 0.15) is 38.5 Å². The number of nitrogens with zero attached hydrogens (tertiary/aromatic N) is 4. The largest absolute Gasteiger partial charge is 0.504 e. The van der Waals surface area contributed by atoms with E-state index in [9.17, 15) is 67.8 Å². The van der Waals surface area contributed by atoms with E-state index >= 15 is 0 Å². The second-order valence-corrected chi connectivity index (χ2v) is 19.6. The number of aromatic nitrogens is 4. The van der Waals surface area contributed by atoms with Crippen molar-refractivity contribution in [3.05, 3.63) is 42.5 Å². The first-order chi connectivity index (χ1) is 29.8. The van der Waals surface area contributed by atoms with Crippen molar-refractivity contribution in [2.24, 2.45) is 5.41 Å². The van der Waals surface area contributed by atoms with Gasteiger partial charge in [0.25, 0.3) is 0 Å². The Morgan fingerprint density at radius 2 is 1.75 bits per heavy atom. The molecule has 1 aliphatic heterocycles. The van der Waals surface area contributed by atoms with Gasteiger partial charge in [-0.15, -0.1) is 0 Å². The smallest absolute Gasteiger partial charge is 0.481 e. The molecule has 0 spiro atoms. The number of ketones is 1. The van der Waals surface area contributed by atoms with Crippen LogP contribution >= 0.6 is 35.2 Å². The number of hydrogen-bond donors (Lipinski definition) is 10. The number of phenolic OH excluding ortho intramolecular Hbond substituents is 1. The number of benzene rings is 1. The van der Waals surface area contributed by atoms with E-state index in [1.807, 2.05) is 0 Å². The van der Waals surface area contributed by atoms with Crippen molar-refractivity contribution in [2.75, 3.05) is 44.9 Å². The number of anilines is 1. The lowest BCUT2D eigenvalue weighted by Gasteiger charge is -2.30. The number of phosphoric ester groups is 3. The molecular weight excluding hydrogens is 939 g/mol. The zero-order chi connectivity index (χ0) is 47.6. The average Bonchev–Trinajstić information content (AvgIpc) is 3.77. The number of nitrogens with two attached hydrogens (primary N) is 1. The molecule has 0 bridgehead atoms. The Labute approximate surface area is 367 Å². The maximum Gasteiger partial charge on any atom is 0.481 e. The van der Waals surface area contributed by atoms with Crippen LogP contribution in [0.4, 0.5) is 5.82 Å². The van der Waals surface area contributed by atoms with E-state index < -0.39 is 102 Å². The zero-order valence-electron chi connectivity index (χ0n) is 33.9. The number of imidazole rings is 1. The number of fused-ring (bicyclic) bond motifs is 1. The van der Waals surface area contributed by atoms with Gasteiger partial charge in [0, 0.05) is 30.7 Å². The fraction of sp³-hybridized carbons (Fsp3) is 0.485. The molecule has 1 saturated heterocycles. The topological polar surface area (TPSA) is 410 Å². The van der Waals surface area contributed by atoms with Gasteiger partial charge in [0.2, 0.25) is 11.8 Å². The van der Waals surface area contributed by atoms with Crippen molar-refractivity contribution in [1.29, 1.82) is 0 Å².